The van der Waals surface area contributed by atoms with Crippen LogP contribution in [0.5, 0.6) is 5.88 Å². The molecule has 1 aliphatic rings. The third kappa shape index (κ3) is 6.38. The number of hydrogen-bond donors (Lipinski definition) is 2. The van der Waals surface area contributed by atoms with Crippen LogP contribution < -0.4 is 15.4 Å². The smallest absolute Gasteiger partial charge is 0.319 e. The van der Waals surface area contributed by atoms with Crippen molar-refractivity contribution in [2.24, 2.45) is 0 Å². The number of benzene rings is 1. The first-order valence-corrected chi connectivity index (χ1v) is 11.9. The lowest BCUT2D eigenvalue weighted by Crippen LogP contribution is -2.48. The van der Waals surface area contributed by atoms with Gasteiger partial charge in [0.1, 0.15) is 5.82 Å². The molecular weight excluding hydrogens is 437 g/mol. The lowest BCUT2D eigenvalue weighted by Gasteiger charge is -2.33. The number of hydrogen-bond acceptors (Lipinski definition) is 6. The van der Waals surface area contributed by atoms with Crippen molar-refractivity contribution in [2.45, 2.75) is 20.0 Å². The van der Waals surface area contributed by atoms with Gasteiger partial charge < -0.3 is 15.4 Å². The molecule has 2 amide bonds. The Balaban J connectivity index is 1.52. The third-order valence-corrected chi connectivity index (χ3v) is 7.13. The van der Waals surface area contributed by atoms with Crippen LogP contribution in [0, 0.1) is 5.82 Å². The Hall–Kier alpha value is -2.76. The molecule has 0 aliphatic carbocycles. The first kappa shape index (κ1) is 23.9. The van der Waals surface area contributed by atoms with Crippen LogP contribution in [0.1, 0.15) is 18.1 Å². The van der Waals surface area contributed by atoms with Crippen LogP contribution in [0.3, 0.4) is 0 Å². The summed E-state index contributed by atoms with van der Waals surface area (Å²) < 4.78 is 44.7. The van der Waals surface area contributed by atoms with Gasteiger partial charge in [-0.25, -0.2) is 22.6 Å². The van der Waals surface area contributed by atoms with Gasteiger partial charge in [0.2, 0.25) is 15.9 Å². The minimum atomic E-state index is -3.17. The summed E-state index contributed by atoms with van der Waals surface area (Å²) in [5.74, 6) is 0.131. The van der Waals surface area contributed by atoms with Crippen LogP contribution in [0.4, 0.5) is 14.9 Å². The minimum Gasteiger partial charge on any atom is -0.481 e. The second-order valence-electron chi connectivity index (χ2n) is 7.40. The number of ether oxygens (including phenoxy) is 1. The van der Waals surface area contributed by atoms with E-state index in [0.29, 0.717) is 49.9 Å². The number of halogens is 1. The van der Waals surface area contributed by atoms with Gasteiger partial charge in [-0.05, 0) is 30.7 Å². The number of carbonyl (C=O) groups excluding carboxylic acids is 1. The molecule has 0 unspecified atom stereocenters. The average Bonchev–Trinajstić information content (AvgIpc) is 2.80. The highest BCUT2D eigenvalue weighted by molar-refractivity contribution is 7.89. The number of nitrogens with one attached hydrogen (secondary N) is 2. The number of aromatic nitrogens is 1. The molecule has 11 heteroatoms. The summed E-state index contributed by atoms with van der Waals surface area (Å²) in [6, 6.07) is 7.61. The zero-order valence-corrected chi connectivity index (χ0v) is 19.0. The topological polar surface area (TPSA) is 104 Å². The molecule has 1 fully saturated rings. The average molecular weight is 466 g/mol. The van der Waals surface area contributed by atoms with Crippen molar-refractivity contribution in [3.63, 3.8) is 0 Å². The predicted octanol–water partition coefficient (Wildman–Crippen LogP) is 2.02. The van der Waals surface area contributed by atoms with Gasteiger partial charge in [0.15, 0.2) is 0 Å². The van der Waals surface area contributed by atoms with Crippen molar-refractivity contribution in [1.29, 1.82) is 0 Å². The van der Waals surface area contributed by atoms with E-state index in [4.69, 9.17) is 4.74 Å². The number of piperazine rings is 1. The first-order chi connectivity index (χ1) is 15.3. The van der Waals surface area contributed by atoms with E-state index in [1.54, 1.807) is 31.2 Å². The van der Waals surface area contributed by atoms with Crippen LogP contribution in [-0.2, 0) is 23.1 Å². The summed E-state index contributed by atoms with van der Waals surface area (Å²) in [7, 11) is -1.67. The minimum absolute atomic E-state index is 0.0254. The molecule has 2 heterocycles. The molecule has 0 radical (unpaired) electrons. The highest BCUT2D eigenvalue weighted by Crippen LogP contribution is 2.16. The quantitative estimate of drug-likeness (QED) is 0.618. The molecule has 1 aliphatic heterocycles. The molecule has 1 aromatic carbocycles. The maximum Gasteiger partial charge on any atom is 0.319 e. The largest absolute Gasteiger partial charge is 0.481 e. The summed E-state index contributed by atoms with van der Waals surface area (Å²) in [6.45, 7) is 4.38. The van der Waals surface area contributed by atoms with Gasteiger partial charge in [0.05, 0.1) is 24.7 Å². The van der Waals surface area contributed by atoms with Crippen molar-refractivity contribution in [1.82, 2.24) is 19.5 Å². The van der Waals surface area contributed by atoms with Crippen molar-refractivity contribution < 1.29 is 22.3 Å². The third-order valence-electron chi connectivity index (χ3n) is 5.25. The normalized spacial score (nSPS) is 15.3. The summed E-state index contributed by atoms with van der Waals surface area (Å²) in [5.41, 5.74) is 1.76. The summed E-state index contributed by atoms with van der Waals surface area (Å²) in [4.78, 5) is 18.3. The Bertz CT molecular complexity index is 1020. The van der Waals surface area contributed by atoms with E-state index in [2.05, 4.69) is 20.5 Å². The number of nitrogens with zero attached hydrogens (tertiary/aromatic N) is 3. The van der Waals surface area contributed by atoms with Gasteiger partial charge in [0.25, 0.3) is 0 Å². The van der Waals surface area contributed by atoms with E-state index in [-0.39, 0.29) is 12.3 Å². The molecule has 32 heavy (non-hydrogen) atoms. The van der Waals surface area contributed by atoms with Gasteiger partial charge in [0, 0.05) is 50.9 Å². The van der Waals surface area contributed by atoms with E-state index in [0.717, 1.165) is 5.56 Å². The van der Waals surface area contributed by atoms with Crippen molar-refractivity contribution in [3.05, 3.63) is 53.5 Å². The molecule has 2 aromatic rings. The maximum absolute atomic E-state index is 14.2. The van der Waals surface area contributed by atoms with Crippen LogP contribution in [-0.4, -0.2) is 67.7 Å². The second kappa shape index (κ2) is 10.7. The molecule has 0 spiro atoms. The van der Waals surface area contributed by atoms with Crippen molar-refractivity contribution in [3.8, 4) is 5.88 Å². The van der Waals surface area contributed by atoms with Gasteiger partial charge in [-0.2, -0.15) is 4.31 Å². The Morgan fingerprint density at radius 2 is 1.94 bits per heavy atom. The summed E-state index contributed by atoms with van der Waals surface area (Å²) in [5, 5.41) is 5.27. The van der Waals surface area contributed by atoms with E-state index in [1.807, 2.05) is 0 Å². The van der Waals surface area contributed by atoms with Gasteiger partial charge >= 0.3 is 6.03 Å². The fourth-order valence-corrected chi connectivity index (χ4v) is 4.48. The van der Waals surface area contributed by atoms with Gasteiger partial charge in [-0.1, -0.05) is 6.07 Å². The lowest BCUT2D eigenvalue weighted by atomic mass is 10.1. The Labute approximate surface area is 187 Å². The number of rotatable bonds is 8. The maximum atomic E-state index is 14.2. The molecule has 9 nitrogen and oxygen atoms in total. The summed E-state index contributed by atoms with van der Waals surface area (Å²) >= 11 is 0. The highest BCUT2D eigenvalue weighted by Gasteiger charge is 2.25. The fourth-order valence-electron chi connectivity index (χ4n) is 3.39. The van der Waals surface area contributed by atoms with Gasteiger partial charge in [-0.3, -0.25) is 4.90 Å². The molecule has 2 N–H and O–H groups in total. The van der Waals surface area contributed by atoms with Crippen LogP contribution in [0.25, 0.3) is 0 Å². The molecule has 0 atom stereocenters. The Morgan fingerprint density at radius 1 is 1.19 bits per heavy atom. The standard InChI is InChI=1S/C21H28FN5O4S/c1-3-32(29,30)27-10-8-26(9-11-27)15-16-4-6-19(22)17(12-16)13-24-21(28)25-18-5-7-20(31-2)23-14-18/h4-7,12,14H,3,8-11,13,15H2,1-2H3,(H2,24,25,28). The monoisotopic (exact) mass is 465 g/mol. The lowest BCUT2D eigenvalue weighted by molar-refractivity contribution is 0.181. The fraction of sp³-hybridized carbons (Fsp3) is 0.429. The molecular formula is C21H28FN5O4S. The van der Waals surface area contributed by atoms with Crippen molar-refractivity contribution >= 4 is 21.7 Å². The van der Waals surface area contributed by atoms with E-state index < -0.39 is 21.9 Å². The number of sulfonamides is 1. The molecule has 0 saturated carbocycles. The van der Waals surface area contributed by atoms with Crippen LogP contribution in [0.2, 0.25) is 0 Å². The highest BCUT2D eigenvalue weighted by atomic mass is 32.2. The molecule has 174 valence electrons. The molecule has 1 saturated heterocycles. The van der Waals surface area contributed by atoms with Crippen LogP contribution in [0.15, 0.2) is 36.5 Å². The van der Waals surface area contributed by atoms with Gasteiger partial charge in [-0.15, -0.1) is 0 Å². The Kier molecular flexibility index (Phi) is 7.99. The molecule has 1 aromatic heterocycles. The van der Waals surface area contributed by atoms with E-state index in [9.17, 15) is 17.6 Å². The number of methoxy groups -OCH3 is 1. The Morgan fingerprint density at radius 3 is 2.56 bits per heavy atom. The van der Waals surface area contributed by atoms with E-state index in [1.165, 1.54) is 23.7 Å². The van der Waals surface area contributed by atoms with Crippen LogP contribution >= 0.6 is 0 Å². The van der Waals surface area contributed by atoms with Crippen molar-refractivity contribution in [2.75, 3.05) is 44.4 Å². The summed E-state index contributed by atoms with van der Waals surface area (Å²) in [6.07, 6.45) is 1.46. The predicted molar refractivity (Wildman–Crippen MR) is 119 cm³/mol. The first-order valence-electron chi connectivity index (χ1n) is 10.3. The molecule has 0 bridgehead atoms. The SMILES string of the molecule is CCS(=O)(=O)N1CCN(Cc2ccc(F)c(CNC(=O)Nc3ccc(OC)nc3)c2)CC1. The zero-order valence-electron chi connectivity index (χ0n) is 18.2. The number of anilines is 1. The molecule has 3 rings (SSSR count). The number of carbonyl (C=O) groups is 1. The second-order valence-corrected chi connectivity index (χ2v) is 9.66. The number of amides is 2. The zero-order chi connectivity index (χ0) is 23.1. The van der Waals surface area contributed by atoms with E-state index >= 15 is 0 Å². The number of urea groups is 1. The number of pyridine rings is 1.